The van der Waals surface area contributed by atoms with Gasteiger partial charge in [-0.05, 0) is 8.34 Å². The molecule has 19 valence electrons. The minimum absolute atomic E-state index is 0. The summed E-state index contributed by atoms with van der Waals surface area (Å²) in [7, 11) is -1.42. The summed E-state index contributed by atoms with van der Waals surface area (Å²) in [6.07, 6.45) is 0. The van der Waals surface area contributed by atoms with E-state index in [2.05, 4.69) is 0 Å². The Bertz CT molecular complexity index is 30.6. The van der Waals surface area contributed by atoms with E-state index in [0.717, 1.165) is 0 Å². The van der Waals surface area contributed by atoms with Gasteiger partial charge in [0.1, 0.15) is 0 Å². The zero-order chi connectivity index (χ0) is 2.71. The second-order valence-electron chi connectivity index (χ2n) is 0.0833. The molecule has 0 amide bonds. The van der Waals surface area contributed by atoms with Crippen LogP contribution in [0.5, 0.6) is 0 Å². The molecule has 0 bridgehead atoms. The van der Waals surface area contributed by atoms with Gasteiger partial charge in [-0.15, -0.1) is 0 Å². The second-order valence-corrected chi connectivity index (χ2v) is 0.250. The predicted molar refractivity (Wildman–Crippen MR) is 10.8 cm³/mol. The molecular formula is H2O2PU+4. The van der Waals surface area contributed by atoms with E-state index in [9.17, 15) is 0 Å². The summed E-state index contributed by atoms with van der Waals surface area (Å²) >= 11 is 0. The van der Waals surface area contributed by atoms with Gasteiger partial charge in [-0.2, -0.15) is 0 Å². The molecule has 0 N–H and O–H groups in total. The largest absolute Gasteiger partial charge is 4.00 e. The average Bonchev–Trinajstić information content (AvgIpc) is 0.918. The summed E-state index contributed by atoms with van der Waals surface area (Å²) in [6.45, 7) is 0. The maximum Gasteiger partial charge on any atom is 4.00 e. The van der Waals surface area contributed by atoms with Crippen molar-refractivity contribution in [3.8, 4) is 0 Å². The van der Waals surface area contributed by atoms with Crippen LogP contribution in [0.15, 0.2) is 0 Å². The molecule has 0 saturated carbocycles. The Balaban J connectivity index is -0.0000000200. The molecule has 0 aromatic carbocycles. The van der Waals surface area contributed by atoms with Gasteiger partial charge in [0.15, 0.2) is 0 Å². The molecule has 0 heterocycles. The first-order valence-electron chi connectivity index (χ1n) is 0.408. The van der Waals surface area contributed by atoms with E-state index >= 15 is 0 Å². The summed E-state index contributed by atoms with van der Waals surface area (Å²) in [6, 6.07) is 0. The SMILES string of the molecule is O=[PH-]=O.[H+].[U+4]. The average molecular weight is 303 g/mol. The Morgan fingerprint density at radius 3 is 1.50 bits per heavy atom. The molecule has 2 nitrogen and oxygen atoms in total. The zero-order valence-corrected chi connectivity index (χ0v) is 6.98. The third-order valence-corrected chi connectivity index (χ3v) is 0. The molecule has 0 fully saturated rings. The molecule has 0 aliphatic carbocycles. The maximum absolute atomic E-state index is 8.40. The van der Waals surface area contributed by atoms with Crippen LogP contribution >= 0.6 is 8.34 Å². The summed E-state index contributed by atoms with van der Waals surface area (Å²) in [5.74, 6) is 0. The molecule has 4 heavy (non-hydrogen) atoms. The molecule has 0 aromatic rings. The molecule has 4 heteroatoms. The molecule has 0 aromatic heterocycles. The standard InChI is InChI=1S/HO2P.U/c1-3-2;/h3H;/q-1;+4/p+1. The third kappa shape index (κ3) is 12.4. The fourth-order valence-electron chi connectivity index (χ4n) is 0. The molecule has 0 unspecified atom stereocenters. The normalized spacial score (nSPS) is 3.00. The van der Waals surface area contributed by atoms with Gasteiger partial charge in [-0.25, -0.2) is 0 Å². The molecule has 0 saturated heterocycles. The van der Waals surface area contributed by atoms with E-state index in [4.69, 9.17) is 9.13 Å². The quantitative estimate of drug-likeness (QED) is 0.610. The van der Waals surface area contributed by atoms with Gasteiger partial charge in [0, 0.05) is 0 Å². The van der Waals surface area contributed by atoms with Crippen LogP contribution in [0, 0.1) is 31.1 Å². The topological polar surface area (TPSA) is 34.1 Å². The van der Waals surface area contributed by atoms with Crippen LogP contribution in [-0.4, -0.2) is 0 Å². The smallest absolute Gasteiger partial charge is 0.455 e. The van der Waals surface area contributed by atoms with E-state index in [-0.39, 0.29) is 32.5 Å². The third-order valence-electron chi connectivity index (χ3n) is 0. The van der Waals surface area contributed by atoms with Gasteiger partial charge >= 0.3 is 32.5 Å². The van der Waals surface area contributed by atoms with Crippen LogP contribution in [0.25, 0.3) is 0 Å². The van der Waals surface area contributed by atoms with Gasteiger partial charge in [0.2, 0.25) is 0 Å². The van der Waals surface area contributed by atoms with Crippen molar-refractivity contribution in [1.82, 2.24) is 0 Å². The maximum atomic E-state index is 8.40. The number of hydrogen-bond acceptors (Lipinski definition) is 2. The number of rotatable bonds is 0. The van der Waals surface area contributed by atoms with Crippen molar-refractivity contribution in [2.75, 3.05) is 0 Å². The van der Waals surface area contributed by atoms with Crippen LogP contribution in [0.4, 0.5) is 0 Å². The van der Waals surface area contributed by atoms with Crippen LogP contribution in [0.3, 0.4) is 0 Å². The van der Waals surface area contributed by atoms with Crippen molar-refractivity contribution in [1.29, 1.82) is 0 Å². The van der Waals surface area contributed by atoms with Crippen LogP contribution in [0.1, 0.15) is 1.43 Å². The summed E-state index contributed by atoms with van der Waals surface area (Å²) in [5.41, 5.74) is 0. The van der Waals surface area contributed by atoms with Crippen LogP contribution in [0.2, 0.25) is 0 Å². The van der Waals surface area contributed by atoms with E-state index in [1.54, 1.807) is 0 Å². The van der Waals surface area contributed by atoms with E-state index in [1.807, 2.05) is 0 Å². The van der Waals surface area contributed by atoms with Gasteiger partial charge in [-0.3, -0.25) is 0 Å². The molecule has 0 aliphatic heterocycles. The summed E-state index contributed by atoms with van der Waals surface area (Å²) in [4.78, 5) is 0. The molecule has 0 rings (SSSR count). The minimum atomic E-state index is -1.42. The van der Waals surface area contributed by atoms with Gasteiger partial charge < -0.3 is 9.13 Å². The summed E-state index contributed by atoms with van der Waals surface area (Å²) < 4.78 is 16.8. The number of hydrogen-bond donors (Lipinski definition) is 0. The Morgan fingerprint density at radius 2 is 1.50 bits per heavy atom. The van der Waals surface area contributed by atoms with Crippen molar-refractivity contribution in [2.24, 2.45) is 0 Å². The Labute approximate surface area is 50.1 Å². The fraction of sp³-hybridized carbons (Fsp3) is 0. The first kappa shape index (κ1) is 8.88. The van der Waals surface area contributed by atoms with Crippen LogP contribution < -0.4 is 0 Å². The van der Waals surface area contributed by atoms with Crippen molar-refractivity contribution in [2.45, 2.75) is 0 Å². The first-order chi connectivity index (χ1) is 1.41. The molecule has 0 radical (unpaired) electrons. The van der Waals surface area contributed by atoms with Crippen molar-refractivity contribution in [3.05, 3.63) is 0 Å². The van der Waals surface area contributed by atoms with Crippen molar-refractivity contribution >= 4 is 8.34 Å². The Morgan fingerprint density at radius 1 is 1.50 bits per heavy atom. The molecule has 0 aliphatic rings. The van der Waals surface area contributed by atoms with Gasteiger partial charge in [-0.1, -0.05) is 0 Å². The molecule has 0 atom stereocenters. The Kier molecular flexibility index (Phi) is 20.1. The van der Waals surface area contributed by atoms with Crippen molar-refractivity contribution in [3.63, 3.8) is 0 Å². The first-order valence-corrected chi connectivity index (χ1v) is 1.22. The summed E-state index contributed by atoms with van der Waals surface area (Å²) in [5, 5.41) is 0. The zero-order valence-electron chi connectivity index (χ0n) is 2.82. The molecular weight excluding hydrogens is 301 g/mol. The monoisotopic (exact) mass is 303 g/mol. The van der Waals surface area contributed by atoms with E-state index < -0.39 is 8.34 Å². The minimum Gasteiger partial charge on any atom is -0.455 e. The fourth-order valence-corrected chi connectivity index (χ4v) is 0. The van der Waals surface area contributed by atoms with E-state index in [0.29, 0.717) is 0 Å². The van der Waals surface area contributed by atoms with Gasteiger partial charge in [0.05, 0.1) is 0 Å². The van der Waals surface area contributed by atoms with Crippen LogP contribution in [-0.2, 0) is 9.13 Å². The van der Waals surface area contributed by atoms with Crippen molar-refractivity contribution < 1.29 is 41.7 Å². The van der Waals surface area contributed by atoms with Gasteiger partial charge in [0.25, 0.3) is 0 Å². The second kappa shape index (κ2) is 9.04. The van der Waals surface area contributed by atoms with E-state index in [1.165, 1.54) is 0 Å². The predicted octanol–water partition coefficient (Wildman–Crippen LogP) is 0.468. The Hall–Kier alpha value is 0.952. The molecule has 0 spiro atoms.